The van der Waals surface area contributed by atoms with Crippen molar-refractivity contribution in [3.8, 4) is 11.5 Å². The van der Waals surface area contributed by atoms with Gasteiger partial charge in [-0.1, -0.05) is 30.7 Å². The number of nitrogens with zero attached hydrogens (tertiary/aromatic N) is 1. The minimum Gasteiger partial charge on any atom is -0.508 e. The Morgan fingerprint density at radius 2 is 1.74 bits per heavy atom. The molecule has 1 saturated heterocycles. The van der Waals surface area contributed by atoms with Crippen molar-refractivity contribution in [2.24, 2.45) is 17.8 Å². The molecule has 6 rings (SSSR count). The Bertz CT molecular complexity index is 1660. The molecule has 42 heavy (non-hydrogen) atoms. The van der Waals surface area contributed by atoms with Crippen LogP contribution in [0, 0.1) is 17.8 Å². The van der Waals surface area contributed by atoms with Gasteiger partial charge in [-0.2, -0.15) is 0 Å². The molecule has 4 atom stereocenters. The second-order valence-electron chi connectivity index (χ2n) is 10.7. The summed E-state index contributed by atoms with van der Waals surface area (Å²) in [6.45, 7) is 1.99. The summed E-state index contributed by atoms with van der Waals surface area (Å²) in [7, 11) is 0. The topological polar surface area (TPSA) is 101 Å². The van der Waals surface area contributed by atoms with Crippen LogP contribution >= 0.6 is 15.9 Å². The maximum atomic E-state index is 13.9. The molecular formula is C31H23BrF3NO6. The highest BCUT2D eigenvalue weighted by Crippen LogP contribution is 2.57. The molecule has 1 heterocycles. The van der Waals surface area contributed by atoms with Crippen molar-refractivity contribution in [1.29, 1.82) is 0 Å². The lowest BCUT2D eigenvalue weighted by Gasteiger charge is -2.42. The Labute approximate surface area is 246 Å². The fraction of sp³-hybridized carbons (Fsp3) is 0.290. The molecule has 11 heteroatoms. The van der Waals surface area contributed by atoms with Gasteiger partial charge in [0.05, 0.1) is 22.0 Å². The van der Waals surface area contributed by atoms with Crippen molar-refractivity contribution in [3.05, 3.63) is 86.9 Å². The van der Waals surface area contributed by atoms with Crippen molar-refractivity contribution in [3.63, 3.8) is 0 Å². The normalized spacial score (nSPS) is 25.6. The molecule has 0 aromatic heterocycles. The third-order valence-electron chi connectivity index (χ3n) is 8.48. The highest BCUT2D eigenvalue weighted by atomic mass is 79.9. The van der Waals surface area contributed by atoms with Crippen LogP contribution < -0.4 is 9.64 Å². The number of rotatable bonds is 4. The molecule has 2 aromatic rings. The SMILES string of the molecule is CCc1ccc(N2C(=O)[C@H]3[C@H](CC=C4[C@H](c5cc(OC(F)(F)F)ccc5O)C5=C(C[C@H]43)C(=O)C(Br)=CC5=O)C2=O)cc1. The number of aromatic hydroxyl groups is 1. The summed E-state index contributed by atoms with van der Waals surface area (Å²) in [4.78, 5) is 55.4. The van der Waals surface area contributed by atoms with Crippen LogP contribution in [0.5, 0.6) is 11.5 Å². The molecule has 2 amide bonds. The predicted molar refractivity (Wildman–Crippen MR) is 148 cm³/mol. The number of phenolic OH excluding ortho intramolecular Hbond substituents is 1. The van der Waals surface area contributed by atoms with Crippen LogP contribution in [0.3, 0.4) is 0 Å². The van der Waals surface area contributed by atoms with Crippen molar-refractivity contribution in [2.45, 2.75) is 38.5 Å². The number of carbonyl (C=O) groups excluding carboxylic acids is 4. The molecule has 0 unspecified atom stereocenters. The minimum atomic E-state index is -5.01. The van der Waals surface area contributed by atoms with Crippen LogP contribution in [0.25, 0.3) is 0 Å². The van der Waals surface area contributed by atoms with E-state index in [0.29, 0.717) is 11.3 Å². The zero-order chi connectivity index (χ0) is 30.1. The van der Waals surface area contributed by atoms with Crippen molar-refractivity contribution < 1.29 is 42.2 Å². The van der Waals surface area contributed by atoms with E-state index in [1.165, 1.54) is 0 Å². The number of aryl methyl sites for hydroxylation is 1. The molecule has 2 aromatic carbocycles. The Hall–Kier alpha value is -3.99. The molecule has 7 nitrogen and oxygen atoms in total. The van der Waals surface area contributed by atoms with Gasteiger partial charge in [0.15, 0.2) is 11.6 Å². The number of amides is 2. The zero-order valence-corrected chi connectivity index (χ0v) is 23.7. The van der Waals surface area contributed by atoms with Gasteiger partial charge in [0.1, 0.15) is 11.5 Å². The van der Waals surface area contributed by atoms with E-state index in [2.05, 4.69) is 20.7 Å². The van der Waals surface area contributed by atoms with E-state index in [4.69, 9.17) is 0 Å². The number of anilines is 1. The third kappa shape index (κ3) is 4.50. The number of phenols is 1. The lowest BCUT2D eigenvalue weighted by atomic mass is 9.59. The van der Waals surface area contributed by atoms with E-state index < -0.39 is 59.0 Å². The standard InChI is InChI=1S/C31H23BrF3NO6/c1-2-14-3-5-15(6-4-14)36-29(40)18-9-8-17-19(26(18)30(36)41)12-21-27(24(38)13-22(32)28(21)39)25(17)20-11-16(7-10-23(20)37)42-31(33,34)35/h3-8,10-11,13,18-19,25-26,37H,2,9,12H2,1H3/t18-,19+,25+,26-/m0/s1. The van der Waals surface area contributed by atoms with E-state index in [1.54, 1.807) is 18.2 Å². The molecule has 1 aliphatic heterocycles. The maximum Gasteiger partial charge on any atom is 0.573 e. The van der Waals surface area contributed by atoms with Crippen LogP contribution in [0.15, 0.2) is 75.8 Å². The van der Waals surface area contributed by atoms with E-state index >= 15 is 0 Å². The number of hydrogen-bond donors (Lipinski definition) is 1. The highest BCUT2D eigenvalue weighted by Gasteiger charge is 2.57. The monoisotopic (exact) mass is 641 g/mol. The number of halogens is 4. The van der Waals surface area contributed by atoms with E-state index in [9.17, 15) is 37.5 Å². The predicted octanol–water partition coefficient (Wildman–Crippen LogP) is 5.82. The Kier molecular flexibility index (Phi) is 6.75. The van der Waals surface area contributed by atoms with E-state index in [-0.39, 0.29) is 39.9 Å². The van der Waals surface area contributed by atoms with Gasteiger partial charge < -0.3 is 9.84 Å². The lowest BCUT2D eigenvalue weighted by molar-refractivity contribution is -0.274. The number of hydrogen-bond acceptors (Lipinski definition) is 6. The second-order valence-corrected chi connectivity index (χ2v) is 11.5. The van der Waals surface area contributed by atoms with Gasteiger partial charge in [-0.15, -0.1) is 13.2 Å². The quantitative estimate of drug-likeness (QED) is 0.257. The lowest BCUT2D eigenvalue weighted by Crippen LogP contribution is -2.39. The number of allylic oxidation sites excluding steroid dienone is 6. The summed E-state index contributed by atoms with van der Waals surface area (Å²) >= 11 is 3.13. The number of ether oxygens (including phenoxy) is 1. The summed E-state index contributed by atoms with van der Waals surface area (Å²) < 4.78 is 43.3. The molecule has 3 aliphatic carbocycles. The van der Waals surface area contributed by atoms with Crippen LogP contribution in [-0.2, 0) is 25.6 Å². The first-order valence-corrected chi connectivity index (χ1v) is 14.1. The van der Waals surface area contributed by atoms with Crippen LogP contribution in [0.4, 0.5) is 18.9 Å². The Morgan fingerprint density at radius 1 is 1.02 bits per heavy atom. The van der Waals surface area contributed by atoms with Gasteiger partial charge in [0, 0.05) is 28.7 Å². The van der Waals surface area contributed by atoms with Crippen LogP contribution in [0.1, 0.15) is 36.8 Å². The second kappa shape index (κ2) is 10.1. The Balaban J connectivity index is 1.48. The molecule has 0 bridgehead atoms. The van der Waals surface area contributed by atoms with Crippen molar-refractivity contribution in [2.75, 3.05) is 4.90 Å². The van der Waals surface area contributed by atoms with Crippen LogP contribution in [-0.4, -0.2) is 34.8 Å². The van der Waals surface area contributed by atoms with E-state index in [0.717, 1.165) is 41.2 Å². The summed E-state index contributed by atoms with van der Waals surface area (Å²) in [5.41, 5.74) is 1.99. The largest absolute Gasteiger partial charge is 0.573 e. The number of Topliss-reactive ketones (excluding diaryl/α,β-unsaturated/α-hetero) is 1. The number of imide groups is 1. The number of alkyl halides is 3. The smallest absolute Gasteiger partial charge is 0.508 e. The number of carbonyl (C=O) groups is 4. The zero-order valence-electron chi connectivity index (χ0n) is 22.1. The van der Waals surface area contributed by atoms with Gasteiger partial charge in [-0.25, -0.2) is 0 Å². The first-order valence-electron chi connectivity index (χ1n) is 13.3. The maximum absolute atomic E-state index is 13.9. The average Bonchev–Trinajstić information content (AvgIpc) is 3.20. The molecule has 0 spiro atoms. The third-order valence-corrected chi connectivity index (χ3v) is 9.07. The van der Waals surface area contributed by atoms with E-state index in [1.807, 2.05) is 19.1 Å². The van der Waals surface area contributed by atoms with Gasteiger partial charge >= 0.3 is 6.36 Å². The highest BCUT2D eigenvalue weighted by molar-refractivity contribution is 9.12. The fourth-order valence-electron chi connectivity index (χ4n) is 6.66. The molecule has 0 saturated carbocycles. The molecule has 216 valence electrons. The summed E-state index contributed by atoms with van der Waals surface area (Å²) in [6, 6.07) is 10.0. The first-order chi connectivity index (χ1) is 19.9. The van der Waals surface area contributed by atoms with Crippen molar-refractivity contribution in [1.82, 2.24) is 0 Å². The first kappa shape index (κ1) is 28.1. The molecule has 1 N–H and O–H groups in total. The Morgan fingerprint density at radius 3 is 2.40 bits per heavy atom. The van der Waals surface area contributed by atoms with Gasteiger partial charge in [-0.3, -0.25) is 24.1 Å². The summed E-state index contributed by atoms with van der Waals surface area (Å²) in [5, 5.41) is 10.8. The fourth-order valence-corrected chi connectivity index (χ4v) is 7.11. The summed E-state index contributed by atoms with van der Waals surface area (Å²) in [6.07, 6.45) is -1.29. The van der Waals surface area contributed by atoms with Gasteiger partial charge in [0.2, 0.25) is 11.8 Å². The molecule has 4 aliphatic rings. The molecule has 0 radical (unpaired) electrons. The van der Waals surface area contributed by atoms with Crippen molar-refractivity contribution >= 4 is 45.0 Å². The molecular weight excluding hydrogens is 619 g/mol. The number of ketones is 2. The van der Waals surface area contributed by atoms with Gasteiger partial charge in [0.25, 0.3) is 0 Å². The number of fused-ring (bicyclic) bond motifs is 3. The number of benzene rings is 2. The minimum absolute atomic E-state index is 0.00892. The summed E-state index contributed by atoms with van der Waals surface area (Å²) in [5.74, 6) is -6.34. The molecule has 1 fully saturated rings. The van der Waals surface area contributed by atoms with Crippen LogP contribution in [0.2, 0.25) is 0 Å². The van der Waals surface area contributed by atoms with Gasteiger partial charge in [-0.05, 0) is 77.0 Å². The average molecular weight is 642 g/mol.